The zero-order valence-corrected chi connectivity index (χ0v) is 11.6. The van der Waals surface area contributed by atoms with Crippen molar-refractivity contribution < 1.29 is 14.6 Å². The van der Waals surface area contributed by atoms with Crippen LogP contribution in [0.3, 0.4) is 0 Å². The number of hydrogen-bond donors (Lipinski definition) is 1. The molecule has 0 aliphatic heterocycles. The second kappa shape index (κ2) is 6.26. The minimum atomic E-state index is -0.988. The highest BCUT2D eigenvalue weighted by Crippen LogP contribution is 2.30. The van der Waals surface area contributed by atoms with Gasteiger partial charge in [0.15, 0.2) is 0 Å². The van der Waals surface area contributed by atoms with E-state index < -0.39 is 5.97 Å². The van der Waals surface area contributed by atoms with E-state index in [4.69, 9.17) is 21.4 Å². The van der Waals surface area contributed by atoms with E-state index in [9.17, 15) is 4.79 Å². The molecule has 2 aromatic rings. The van der Waals surface area contributed by atoms with Crippen LogP contribution in [0.2, 0.25) is 5.02 Å². The number of aryl methyl sites for hydroxylation is 1. The summed E-state index contributed by atoms with van der Waals surface area (Å²) in [7, 11) is 0. The Morgan fingerprint density at radius 3 is 2.80 bits per heavy atom. The molecule has 20 heavy (non-hydrogen) atoms. The highest BCUT2D eigenvalue weighted by atomic mass is 35.5. The fourth-order valence-electron chi connectivity index (χ4n) is 1.66. The van der Waals surface area contributed by atoms with Gasteiger partial charge in [0.25, 0.3) is 0 Å². The molecule has 0 atom stereocenters. The van der Waals surface area contributed by atoms with Gasteiger partial charge in [0.2, 0.25) is 0 Å². The molecular formula is C16H13ClO3. The molecule has 0 radical (unpaired) electrons. The minimum Gasteiger partial charge on any atom is -0.478 e. The maximum atomic E-state index is 10.5. The van der Waals surface area contributed by atoms with Crippen molar-refractivity contribution in [3.8, 4) is 11.5 Å². The summed E-state index contributed by atoms with van der Waals surface area (Å²) in [6, 6.07) is 12.7. The van der Waals surface area contributed by atoms with Gasteiger partial charge < -0.3 is 9.84 Å². The van der Waals surface area contributed by atoms with Gasteiger partial charge in [0, 0.05) is 6.08 Å². The monoisotopic (exact) mass is 288 g/mol. The summed E-state index contributed by atoms with van der Waals surface area (Å²) in [5.41, 5.74) is 1.79. The normalized spacial score (nSPS) is 10.7. The smallest absolute Gasteiger partial charge is 0.328 e. The van der Waals surface area contributed by atoms with Crippen LogP contribution in [-0.4, -0.2) is 11.1 Å². The van der Waals surface area contributed by atoms with E-state index in [-0.39, 0.29) is 0 Å². The van der Waals surface area contributed by atoms with Gasteiger partial charge in [0.1, 0.15) is 11.5 Å². The summed E-state index contributed by atoms with van der Waals surface area (Å²) in [4.78, 5) is 10.5. The van der Waals surface area contributed by atoms with Crippen LogP contribution in [0.15, 0.2) is 48.5 Å². The fourth-order valence-corrected chi connectivity index (χ4v) is 1.82. The number of benzene rings is 2. The Kier molecular flexibility index (Phi) is 4.43. The predicted octanol–water partition coefficient (Wildman–Crippen LogP) is 4.54. The molecule has 0 fully saturated rings. The lowest BCUT2D eigenvalue weighted by molar-refractivity contribution is -0.131. The average Bonchev–Trinajstić information content (AvgIpc) is 2.41. The average molecular weight is 289 g/mol. The molecule has 4 heteroatoms. The molecule has 2 rings (SSSR count). The number of halogens is 1. The summed E-state index contributed by atoms with van der Waals surface area (Å²) in [6.07, 6.45) is 2.59. The first-order valence-electron chi connectivity index (χ1n) is 6.00. The second-order valence-corrected chi connectivity index (χ2v) is 4.69. The molecule has 0 spiro atoms. The molecule has 3 nitrogen and oxygen atoms in total. The Bertz CT molecular complexity index is 663. The summed E-state index contributed by atoms with van der Waals surface area (Å²) in [5, 5.41) is 9.14. The van der Waals surface area contributed by atoms with Crippen molar-refractivity contribution in [2.24, 2.45) is 0 Å². The van der Waals surface area contributed by atoms with Crippen molar-refractivity contribution in [2.75, 3.05) is 0 Å². The SMILES string of the molecule is Cc1ccc(Cl)c(Oc2cccc(C=CC(=O)O)c2)c1. The summed E-state index contributed by atoms with van der Waals surface area (Å²) in [6.45, 7) is 1.95. The Hall–Kier alpha value is -2.26. The Morgan fingerprint density at radius 1 is 1.25 bits per heavy atom. The molecular weight excluding hydrogens is 276 g/mol. The van der Waals surface area contributed by atoms with E-state index in [1.165, 1.54) is 6.08 Å². The summed E-state index contributed by atoms with van der Waals surface area (Å²) >= 11 is 6.07. The topological polar surface area (TPSA) is 46.5 Å². The van der Waals surface area contributed by atoms with Crippen molar-refractivity contribution in [2.45, 2.75) is 6.92 Å². The zero-order chi connectivity index (χ0) is 14.5. The molecule has 0 aliphatic rings. The zero-order valence-electron chi connectivity index (χ0n) is 10.8. The molecule has 102 valence electrons. The van der Waals surface area contributed by atoms with Gasteiger partial charge in [-0.3, -0.25) is 0 Å². The van der Waals surface area contributed by atoms with Crippen molar-refractivity contribution in [1.29, 1.82) is 0 Å². The lowest BCUT2D eigenvalue weighted by atomic mass is 10.2. The van der Waals surface area contributed by atoms with Gasteiger partial charge >= 0.3 is 5.97 Å². The number of carboxylic acid groups (broad SMARTS) is 1. The Morgan fingerprint density at radius 2 is 2.05 bits per heavy atom. The first-order valence-corrected chi connectivity index (χ1v) is 6.37. The van der Waals surface area contributed by atoms with E-state index in [1.807, 2.05) is 19.1 Å². The van der Waals surface area contributed by atoms with E-state index in [0.29, 0.717) is 16.5 Å². The van der Waals surface area contributed by atoms with Crippen LogP contribution >= 0.6 is 11.6 Å². The van der Waals surface area contributed by atoms with Crippen molar-refractivity contribution >= 4 is 23.6 Å². The number of carboxylic acids is 1. The molecule has 0 saturated carbocycles. The van der Waals surface area contributed by atoms with E-state index >= 15 is 0 Å². The van der Waals surface area contributed by atoms with E-state index in [2.05, 4.69) is 0 Å². The lowest BCUT2D eigenvalue weighted by Gasteiger charge is -2.09. The Labute approximate surface area is 122 Å². The Balaban J connectivity index is 2.23. The van der Waals surface area contributed by atoms with Gasteiger partial charge in [-0.25, -0.2) is 4.79 Å². The molecule has 0 aromatic heterocycles. The molecule has 1 N–H and O–H groups in total. The minimum absolute atomic E-state index is 0.530. The van der Waals surface area contributed by atoms with Crippen molar-refractivity contribution in [3.05, 3.63) is 64.7 Å². The van der Waals surface area contributed by atoms with Crippen LogP contribution in [-0.2, 0) is 4.79 Å². The fraction of sp³-hybridized carbons (Fsp3) is 0.0625. The molecule has 0 saturated heterocycles. The molecule has 0 bridgehead atoms. The lowest BCUT2D eigenvalue weighted by Crippen LogP contribution is -1.88. The number of carbonyl (C=O) groups is 1. The number of aliphatic carboxylic acids is 1. The van der Waals surface area contributed by atoms with Crippen LogP contribution in [0.1, 0.15) is 11.1 Å². The van der Waals surface area contributed by atoms with Gasteiger partial charge in [-0.2, -0.15) is 0 Å². The molecule has 0 heterocycles. The first-order chi connectivity index (χ1) is 9.54. The van der Waals surface area contributed by atoms with Crippen molar-refractivity contribution in [1.82, 2.24) is 0 Å². The van der Waals surface area contributed by atoms with Crippen LogP contribution in [0.4, 0.5) is 0 Å². The summed E-state index contributed by atoms with van der Waals surface area (Å²) < 4.78 is 5.72. The third-order valence-electron chi connectivity index (χ3n) is 2.59. The maximum Gasteiger partial charge on any atom is 0.328 e. The predicted molar refractivity (Wildman–Crippen MR) is 79.4 cm³/mol. The van der Waals surface area contributed by atoms with Crippen LogP contribution in [0.25, 0.3) is 6.08 Å². The number of rotatable bonds is 4. The second-order valence-electron chi connectivity index (χ2n) is 4.28. The molecule has 0 unspecified atom stereocenters. The summed E-state index contributed by atoms with van der Waals surface area (Å²) in [5.74, 6) is 0.189. The third kappa shape index (κ3) is 3.87. The van der Waals surface area contributed by atoms with Crippen LogP contribution in [0, 0.1) is 6.92 Å². The van der Waals surface area contributed by atoms with Crippen molar-refractivity contribution in [3.63, 3.8) is 0 Å². The van der Waals surface area contributed by atoms with Gasteiger partial charge in [-0.05, 0) is 48.4 Å². The molecule has 0 aliphatic carbocycles. The standard InChI is InChI=1S/C16H13ClO3/c1-11-5-7-14(17)15(9-11)20-13-4-2-3-12(10-13)6-8-16(18)19/h2-10H,1H3,(H,18,19). The quantitative estimate of drug-likeness (QED) is 0.840. The highest BCUT2D eigenvalue weighted by molar-refractivity contribution is 6.32. The molecule has 2 aromatic carbocycles. The maximum absolute atomic E-state index is 10.5. The van der Waals surface area contributed by atoms with E-state index in [1.54, 1.807) is 30.3 Å². The first kappa shape index (κ1) is 14.2. The third-order valence-corrected chi connectivity index (χ3v) is 2.90. The highest BCUT2D eigenvalue weighted by Gasteiger charge is 2.03. The van der Waals surface area contributed by atoms with Gasteiger partial charge in [0.05, 0.1) is 5.02 Å². The van der Waals surface area contributed by atoms with Crippen LogP contribution in [0.5, 0.6) is 11.5 Å². The number of hydrogen-bond acceptors (Lipinski definition) is 2. The molecule has 0 amide bonds. The van der Waals surface area contributed by atoms with Crippen LogP contribution < -0.4 is 4.74 Å². The number of ether oxygens (including phenoxy) is 1. The van der Waals surface area contributed by atoms with Gasteiger partial charge in [-0.15, -0.1) is 0 Å². The van der Waals surface area contributed by atoms with E-state index in [0.717, 1.165) is 17.2 Å². The largest absolute Gasteiger partial charge is 0.478 e. The van der Waals surface area contributed by atoms with Gasteiger partial charge in [-0.1, -0.05) is 29.8 Å².